The normalized spacial score (nSPS) is 11.2. The molecular weight excluding hydrogens is 466 g/mol. The quantitative estimate of drug-likeness (QED) is 0.407. The number of nitrogens with one attached hydrogen (secondary N) is 2. The third-order valence-corrected chi connectivity index (χ3v) is 7.29. The van der Waals surface area contributed by atoms with E-state index in [-0.39, 0.29) is 16.5 Å². The molecule has 0 bridgehead atoms. The molecule has 0 radical (unpaired) electrons. The summed E-state index contributed by atoms with van der Waals surface area (Å²) in [5.74, 6) is 0.174. The number of carbonyl (C=O) groups excluding carboxylic acids is 2. The summed E-state index contributed by atoms with van der Waals surface area (Å²) in [5, 5.41) is 5.49. The van der Waals surface area contributed by atoms with Crippen molar-refractivity contribution in [3.8, 4) is 11.5 Å². The molecule has 3 aromatic rings. The topological polar surface area (TPSA) is 105 Å². The minimum atomic E-state index is -3.76. The smallest absolute Gasteiger partial charge is 0.255 e. The number of benzene rings is 3. The molecule has 0 aliphatic rings. The number of hydrogen-bond donors (Lipinski definition) is 2. The lowest BCUT2D eigenvalue weighted by atomic mass is 10.1. The van der Waals surface area contributed by atoms with Crippen molar-refractivity contribution in [3.05, 3.63) is 78.4 Å². The van der Waals surface area contributed by atoms with Gasteiger partial charge in [-0.1, -0.05) is 45.0 Å². The Morgan fingerprint density at radius 2 is 1.57 bits per heavy atom. The van der Waals surface area contributed by atoms with Gasteiger partial charge >= 0.3 is 0 Å². The van der Waals surface area contributed by atoms with Gasteiger partial charge in [0.05, 0.1) is 10.6 Å². The van der Waals surface area contributed by atoms with Crippen molar-refractivity contribution in [1.82, 2.24) is 4.31 Å². The summed E-state index contributed by atoms with van der Waals surface area (Å²) in [7, 11) is -3.76. The second-order valence-corrected chi connectivity index (χ2v) is 9.54. The molecule has 0 spiro atoms. The van der Waals surface area contributed by atoms with Gasteiger partial charge in [-0.15, -0.1) is 0 Å². The molecule has 0 aliphatic carbocycles. The van der Waals surface area contributed by atoms with Crippen molar-refractivity contribution in [2.24, 2.45) is 0 Å². The summed E-state index contributed by atoms with van der Waals surface area (Å²) >= 11 is 0. The Labute approximate surface area is 206 Å². The average molecular weight is 496 g/mol. The molecule has 0 heterocycles. The monoisotopic (exact) mass is 495 g/mol. The molecule has 0 aliphatic heterocycles. The average Bonchev–Trinajstić information content (AvgIpc) is 2.86. The van der Waals surface area contributed by atoms with Crippen LogP contribution in [0.1, 0.15) is 37.6 Å². The van der Waals surface area contributed by atoms with Gasteiger partial charge in [0.1, 0.15) is 5.75 Å². The van der Waals surface area contributed by atoms with Gasteiger partial charge in [-0.25, -0.2) is 8.42 Å². The van der Waals surface area contributed by atoms with Crippen LogP contribution in [0.4, 0.5) is 11.4 Å². The van der Waals surface area contributed by atoms with E-state index < -0.39 is 15.9 Å². The van der Waals surface area contributed by atoms with Crippen molar-refractivity contribution in [2.75, 3.05) is 23.7 Å². The lowest BCUT2D eigenvalue weighted by Gasteiger charge is -2.20. The van der Waals surface area contributed by atoms with Crippen LogP contribution in [0.15, 0.2) is 77.7 Å². The third-order valence-electron chi connectivity index (χ3n) is 5.24. The van der Waals surface area contributed by atoms with Crippen LogP contribution in [0, 0.1) is 0 Å². The predicted octanol–water partition coefficient (Wildman–Crippen LogP) is 5.11. The molecule has 35 heavy (non-hydrogen) atoms. The van der Waals surface area contributed by atoms with Crippen LogP contribution in [0.2, 0.25) is 0 Å². The van der Waals surface area contributed by atoms with Crippen LogP contribution in [-0.4, -0.2) is 37.6 Å². The molecule has 3 rings (SSSR count). The van der Waals surface area contributed by atoms with Crippen LogP contribution in [0.3, 0.4) is 0 Å². The molecule has 0 atom stereocenters. The fraction of sp³-hybridized carbons (Fsp3) is 0.231. The number of rotatable bonds is 10. The van der Waals surface area contributed by atoms with E-state index in [4.69, 9.17) is 4.74 Å². The highest BCUT2D eigenvalue weighted by atomic mass is 32.2. The minimum Gasteiger partial charge on any atom is -0.455 e. The Balaban J connectivity index is 1.98. The Morgan fingerprint density at radius 3 is 2.23 bits per heavy atom. The largest absolute Gasteiger partial charge is 0.455 e. The summed E-state index contributed by atoms with van der Waals surface area (Å²) in [4.78, 5) is 24.9. The van der Waals surface area contributed by atoms with Crippen LogP contribution in [-0.2, 0) is 14.8 Å². The van der Waals surface area contributed by atoms with Crippen LogP contribution in [0.5, 0.6) is 11.5 Å². The Bertz CT molecular complexity index is 1290. The molecular formula is C26H29N3O5S. The maximum absolute atomic E-state index is 13.1. The van der Waals surface area contributed by atoms with Crippen molar-refractivity contribution in [3.63, 3.8) is 0 Å². The molecule has 3 aromatic carbocycles. The molecule has 2 amide bonds. The highest BCUT2D eigenvalue weighted by Crippen LogP contribution is 2.33. The summed E-state index contributed by atoms with van der Waals surface area (Å²) < 4.78 is 33.4. The molecule has 0 saturated heterocycles. The Morgan fingerprint density at radius 1 is 0.857 bits per heavy atom. The number of carbonyl (C=O) groups is 2. The zero-order valence-electron chi connectivity index (χ0n) is 19.9. The van der Waals surface area contributed by atoms with Gasteiger partial charge in [-0.05, 0) is 48.5 Å². The van der Waals surface area contributed by atoms with Gasteiger partial charge in [0.2, 0.25) is 15.9 Å². The maximum Gasteiger partial charge on any atom is 0.255 e. The second kappa shape index (κ2) is 11.6. The highest BCUT2D eigenvalue weighted by Gasteiger charge is 2.24. The van der Waals surface area contributed by atoms with E-state index in [1.807, 2.05) is 18.2 Å². The maximum atomic E-state index is 13.1. The van der Waals surface area contributed by atoms with Crippen molar-refractivity contribution < 1.29 is 22.7 Å². The van der Waals surface area contributed by atoms with Crippen LogP contribution >= 0.6 is 0 Å². The van der Waals surface area contributed by atoms with E-state index in [1.54, 1.807) is 57.2 Å². The van der Waals surface area contributed by atoms with E-state index in [1.165, 1.54) is 22.5 Å². The van der Waals surface area contributed by atoms with E-state index in [2.05, 4.69) is 10.6 Å². The molecule has 184 valence electrons. The zero-order chi connectivity index (χ0) is 25.4. The van der Waals surface area contributed by atoms with E-state index in [0.717, 1.165) is 0 Å². The first kappa shape index (κ1) is 25.9. The van der Waals surface area contributed by atoms with Gasteiger partial charge in [-0.2, -0.15) is 4.31 Å². The first-order chi connectivity index (χ1) is 16.8. The van der Waals surface area contributed by atoms with Gasteiger partial charge in [0.25, 0.3) is 5.91 Å². The van der Waals surface area contributed by atoms with E-state index >= 15 is 0 Å². The second-order valence-electron chi connectivity index (χ2n) is 7.60. The zero-order valence-corrected chi connectivity index (χ0v) is 20.8. The molecule has 9 heteroatoms. The first-order valence-corrected chi connectivity index (χ1v) is 12.8. The van der Waals surface area contributed by atoms with E-state index in [0.29, 0.717) is 42.3 Å². The molecule has 0 unspecified atom stereocenters. The number of anilines is 2. The Hall–Kier alpha value is -3.69. The third kappa shape index (κ3) is 6.46. The number of ether oxygens (including phenoxy) is 1. The SMILES string of the molecule is CCC(=O)Nc1cccc(C(=O)Nc2cc(S(=O)(=O)N(CC)CC)ccc2Oc2ccccc2)c1. The van der Waals surface area contributed by atoms with Gasteiger partial charge in [0.15, 0.2) is 5.75 Å². The minimum absolute atomic E-state index is 0.0425. The lowest BCUT2D eigenvalue weighted by Crippen LogP contribution is -2.30. The number of hydrogen-bond acceptors (Lipinski definition) is 5. The summed E-state index contributed by atoms with van der Waals surface area (Å²) in [6.07, 6.45) is 0.310. The lowest BCUT2D eigenvalue weighted by molar-refractivity contribution is -0.115. The molecule has 2 N–H and O–H groups in total. The first-order valence-electron chi connectivity index (χ1n) is 11.4. The fourth-order valence-corrected chi connectivity index (χ4v) is 4.85. The number of nitrogens with zero attached hydrogens (tertiary/aromatic N) is 1. The van der Waals surface area contributed by atoms with Gasteiger partial charge in [-0.3, -0.25) is 9.59 Å². The highest BCUT2D eigenvalue weighted by molar-refractivity contribution is 7.89. The van der Waals surface area contributed by atoms with Crippen molar-refractivity contribution >= 4 is 33.2 Å². The summed E-state index contributed by atoms with van der Waals surface area (Å²) in [5.41, 5.74) is 0.986. The number of sulfonamides is 1. The predicted molar refractivity (Wildman–Crippen MR) is 136 cm³/mol. The Kier molecular flexibility index (Phi) is 8.62. The summed E-state index contributed by atoms with van der Waals surface area (Å²) in [6.45, 7) is 5.90. The van der Waals surface area contributed by atoms with Crippen molar-refractivity contribution in [2.45, 2.75) is 32.1 Å². The standard InChI is InChI=1S/C26H29N3O5S/c1-4-25(30)27-20-12-10-11-19(17-20)26(31)28-23-18-22(35(32,33)29(5-2)6-3)15-16-24(23)34-21-13-8-7-9-14-21/h7-18H,4-6H2,1-3H3,(H,27,30)(H,28,31). The van der Waals surface area contributed by atoms with Crippen LogP contribution < -0.4 is 15.4 Å². The number of amides is 2. The van der Waals surface area contributed by atoms with Crippen molar-refractivity contribution in [1.29, 1.82) is 0 Å². The van der Waals surface area contributed by atoms with E-state index in [9.17, 15) is 18.0 Å². The fourth-order valence-electron chi connectivity index (χ4n) is 3.37. The van der Waals surface area contributed by atoms with Gasteiger partial charge < -0.3 is 15.4 Å². The van der Waals surface area contributed by atoms with Crippen LogP contribution in [0.25, 0.3) is 0 Å². The molecule has 0 fully saturated rings. The van der Waals surface area contributed by atoms with Gasteiger partial charge in [0, 0.05) is 30.8 Å². The molecule has 0 saturated carbocycles. The molecule has 8 nitrogen and oxygen atoms in total. The molecule has 0 aromatic heterocycles. The number of para-hydroxylation sites is 1. The summed E-state index contributed by atoms with van der Waals surface area (Å²) in [6, 6.07) is 19.9.